The Morgan fingerprint density at radius 1 is 1.15 bits per heavy atom. The van der Waals surface area contributed by atoms with Crippen LogP contribution in [0.5, 0.6) is 0 Å². The van der Waals surface area contributed by atoms with Crippen molar-refractivity contribution in [3.8, 4) is 0 Å². The number of hydrogen-bond donors (Lipinski definition) is 1. The fourth-order valence-corrected chi connectivity index (χ4v) is 5.51. The zero-order valence-corrected chi connectivity index (χ0v) is 19.1. The van der Waals surface area contributed by atoms with E-state index in [1.165, 1.54) is 11.9 Å². The molecule has 2 aliphatic rings. The summed E-state index contributed by atoms with van der Waals surface area (Å²) in [6.07, 6.45) is 6.41. The lowest BCUT2D eigenvalue weighted by Crippen LogP contribution is -2.51. The third kappa shape index (κ3) is 3.96. The van der Waals surface area contributed by atoms with Crippen molar-refractivity contribution >= 4 is 11.8 Å². The van der Waals surface area contributed by atoms with Crippen LogP contribution in [-0.2, 0) is 21.5 Å². The number of nitrogens with zero attached hydrogens (tertiary/aromatic N) is 5. The molecule has 0 bridgehead atoms. The first-order chi connectivity index (χ1) is 16.6. The van der Waals surface area contributed by atoms with Crippen LogP contribution >= 0.6 is 0 Å². The highest BCUT2D eigenvalue weighted by molar-refractivity contribution is 5.92. The van der Waals surface area contributed by atoms with Gasteiger partial charge in [-0.25, -0.2) is 4.98 Å². The highest BCUT2D eigenvalue weighted by Crippen LogP contribution is 2.52. The molecule has 5 rings (SSSR count). The minimum absolute atomic E-state index is 0.116. The molecule has 1 aromatic carbocycles. The fourth-order valence-electron chi connectivity index (χ4n) is 5.51. The second-order valence-corrected chi connectivity index (χ2v) is 8.86. The van der Waals surface area contributed by atoms with Crippen LogP contribution in [0.15, 0.2) is 61.3 Å². The number of nitrogens with one attached hydrogen (secondary N) is 1. The molecule has 1 spiro atoms. The maximum Gasteiger partial charge on any atom is 0.270 e. The molecule has 1 fully saturated rings. The van der Waals surface area contributed by atoms with Crippen LogP contribution in [-0.4, -0.2) is 62.8 Å². The summed E-state index contributed by atoms with van der Waals surface area (Å²) in [5, 5.41) is 7.24. The highest BCUT2D eigenvalue weighted by Gasteiger charge is 2.54. The summed E-state index contributed by atoms with van der Waals surface area (Å²) in [4.78, 5) is 35.8. The van der Waals surface area contributed by atoms with E-state index in [0.29, 0.717) is 31.7 Å². The third-order valence-electron chi connectivity index (χ3n) is 7.15. The monoisotopic (exact) mass is 460 g/mol. The number of fused-ring (bicyclic) bond motifs is 2. The molecule has 1 aliphatic carbocycles. The third-order valence-corrected chi connectivity index (χ3v) is 7.15. The van der Waals surface area contributed by atoms with Crippen LogP contribution in [0.3, 0.4) is 0 Å². The van der Waals surface area contributed by atoms with E-state index in [-0.39, 0.29) is 29.4 Å². The summed E-state index contributed by atoms with van der Waals surface area (Å²) >= 11 is 0. The molecule has 9 heteroatoms. The lowest BCUT2D eigenvalue weighted by atomic mass is 9.72. The predicted octanol–water partition coefficient (Wildman–Crippen LogP) is 2.12. The number of piperidine rings is 1. The minimum Gasteiger partial charge on any atom is -0.378 e. The van der Waals surface area contributed by atoms with Crippen molar-refractivity contribution < 1.29 is 14.3 Å². The first-order valence-corrected chi connectivity index (χ1v) is 11.6. The van der Waals surface area contributed by atoms with Crippen LogP contribution in [0.2, 0.25) is 0 Å². The summed E-state index contributed by atoms with van der Waals surface area (Å²) in [5.41, 5.74) is 2.38. The Hall–Kier alpha value is -3.59. The Labute approximate surface area is 198 Å². The molecule has 2 atom stereocenters. The van der Waals surface area contributed by atoms with Crippen LogP contribution in [0.4, 0.5) is 0 Å². The van der Waals surface area contributed by atoms with Crippen LogP contribution in [0, 0.1) is 0 Å². The van der Waals surface area contributed by atoms with Gasteiger partial charge in [-0.3, -0.25) is 19.3 Å². The molecule has 2 aromatic heterocycles. The van der Waals surface area contributed by atoms with Crippen molar-refractivity contribution in [2.75, 3.05) is 20.2 Å². The first kappa shape index (κ1) is 22.2. The van der Waals surface area contributed by atoms with E-state index in [2.05, 4.69) is 32.5 Å². The van der Waals surface area contributed by atoms with E-state index in [0.717, 1.165) is 18.4 Å². The van der Waals surface area contributed by atoms with Gasteiger partial charge in [0.2, 0.25) is 5.91 Å². The number of likely N-dealkylation sites (tertiary alicyclic amines) is 1. The molecule has 1 N–H and O–H groups in total. The van der Waals surface area contributed by atoms with Crippen LogP contribution in [0.25, 0.3) is 0 Å². The van der Waals surface area contributed by atoms with Crippen molar-refractivity contribution in [1.82, 2.24) is 30.0 Å². The average molecular weight is 461 g/mol. The second kappa shape index (κ2) is 9.34. The first-order valence-electron chi connectivity index (χ1n) is 11.6. The number of pyridine rings is 1. The molecule has 3 heterocycles. The fraction of sp³-hybridized carbons (Fsp3) is 0.400. The molecule has 0 radical (unpaired) electrons. The van der Waals surface area contributed by atoms with E-state index in [1.807, 2.05) is 17.0 Å². The molecule has 0 unspecified atom stereocenters. The molecular formula is C25H28N6O3. The van der Waals surface area contributed by atoms with Gasteiger partial charge in [-0.1, -0.05) is 30.3 Å². The number of rotatable bonds is 6. The van der Waals surface area contributed by atoms with Gasteiger partial charge in [0.15, 0.2) is 0 Å². The van der Waals surface area contributed by atoms with Gasteiger partial charge in [0.05, 0.1) is 18.7 Å². The largest absolute Gasteiger partial charge is 0.378 e. The Morgan fingerprint density at radius 2 is 1.94 bits per heavy atom. The number of aromatic nitrogens is 4. The summed E-state index contributed by atoms with van der Waals surface area (Å²) in [7, 11) is 1.70. The molecule has 1 aliphatic heterocycles. The number of amides is 2. The molecule has 2 amide bonds. The number of carbonyl (C=O) groups excluding carboxylic acids is 2. The van der Waals surface area contributed by atoms with E-state index < -0.39 is 0 Å². The lowest BCUT2D eigenvalue weighted by Gasteiger charge is -2.44. The van der Waals surface area contributed by atoms with Gasteiger partial charge in [-0.15, -0.1) is 0 Å². The number of methoxy groups -OCH3 is 1. The van der Waals surface area contributed by atoms with Gasteiger partial charge in [-0.05, 0) is 36.1 Å². The van der Waals surface area contributed by atoms with Crippen molar-refractivity contribution in [3.05, 3.63) is 78.1 Å². The van der Waals surface area contributed by atoms with Gasteiger partial charge in [0.25, 0.3) is 5.91 Å². The Morgan fingerprint density at radius 3 is 2.65 bits per heavy atom. The number of hydrogen-bond acceptors (Lipinski definition) is 6. The van der Waals surface area contributed by atoms with Crippen LogP contribution < -0.4 is 5.32 Å². The van der Waals surface area contributed by atoms with Crippen molar-refractivity contribution in [2.45, 2.75) is 43.4 Å². The maximum absolute atomic E-state index is 13.0. The van der Waals surface area contributed by atoms with E-state index in [4.69, 9.17) is 4.74 Å². The van der Waals surface area contributed by atoms with Crippen molar-refractivity contribution in [1.29, 1.82) is 0 Å². The summed E-state index contributed by atoms with van der Waals surface area (Å²) in [5.74, 6) is -0.106. The van der Waals surface area contributed by atoms with Gasteiger partial charge in [-0.2, -0.15) is 5.10 Å². The summed E-state index contributed by atoms with van der Waals surface area (Å²) in [6, 6.07) is 13.2. The molecule has 176 valence electrons. The predicted molar refractivity (Wildman–Crippen MR) is 124 cm³/mol. The second-order valence-electron chi connectivity index (χ2n) is 8.86. The lowest BCUT2D eigenvalue weighted by molar-refractivity contribution is -0.134. The number of aryl methyl sites for hydroxylation is 1. The topological polar surface area (TPSA) is 102 Å². The zero-order valence-electron chi connectivity index (χ0n) is 19.1. The standard InChI is InChI=1S/C25H28N6O3/c1-34-23-22(29-24(33)20-8-4-5-12-27-20)18-6-2-3-7-19(18)25(23)10-14-30(15-11-25)21(32)9-13-31-17-26-16-28-31/h2-8,12,16-17,22-23H,9-11,13-15H2,1H3,(H,29,33)/t22-,23+/m0/s1. The van der Waals surface area contributed by atoms with Gasteiger partial charge >= 0.3 is 0 Å². The van der Waals surface area contributed by atoms with Gasteiger partial charge in [0.1, 0.15) is 18.3 Å². The number of ether oxygens (including phenoxy) is 1. The van der Waals surface area contributed by atoms with E-state index in [1.54, 1.807) is 42.5 Å². The smallest absolute Gasteiger partial charge is 0.270 e. The SMILES string of the molecule is CO[C@@H]1[C@@H](NC(=O)c2ccccn2)c2ccccc2C12CCN(C(=O)CCn1cncn1)CC2. The average Bonchev–Trinajstić information content (AvgIpc) is 3.49. The minimum atomic E-state index is -0.287. The molecule has 9 nitrogen and oxygen atoms in total. The number of benzene rings is 1. The maximum atomic E-state index is 13.0. The van der Waals surface area contributed by atoms with E-state index in [9.17, 15) is 9.59 Å². The Kier molecular flexibility index (Phi) is 6.10. The molecule has 0 saturated carbocycles. The van der Waals surface area contributed by atoms with Crippen molar-refractivity contribution in [3.63, 3.8) is 0 Å². The Balaban J connectivity index is 1.33. The highest BCUT2D eigenvalue weighted by atomic mass is 16.5. The van der Waals surface area contributed by atoms with Crippen molar-refractivity contribution in [2.24, 2.45) is 0 Å². The molecule has 1 saturated heterocycles. The Bertz CT molecular complexity index is 1140. The molecule has 34 heavy (non-hydrogen) atoms. The zero-order chi connectivity index (χ0) is 23.5. The van der Waals surface area contributed by atoms with Crippen LogP contribution in [0.1, 0.15) is 46.9 Å². The summed E-state index contributed by atoms with van der Waals surface area (Å²) in [6.45, 7) is 1.81. The van der Waals surface area contributed by atoms with E-state index >= 15 is 0 Å². The normalized spacial score (nSPS) is 20.8. The van der Waals surface area contributed by atoms with Gasteiger partial charge in [0, 0.05) is 38.2 Å². The molecular weight excluding hydrogens is 432 g/mol. The van der Waals surface area contributed by atoms with Gasteiger partial charge < -0.3 is 15.0 Å². The number of carbonyl (C=O) groups is 2. The quantitative estimate of drug-likeness (QED) is 0.605. The summed E-state index contributed by atoms with van der Waals surface area (Å²) < 4.78 is 7.74. The molecule has 3 aromatic rings.